The molecule has 4 rings (SSSR count). The molecule has 0 aliphatic heterocycles. The number of esters is 2. The number of carbonyl (C=O) groups excluding carboxylic acids is 2. The number of ether oxygens (including phenoxy) is 2. The third kappa shape index (κ3) is 3.13. The highest BCUT2D eigenvalue weighted by Gasteiger charge is 2.56. The topological polar surface area (TPSA) is 52.6 Å². The molecule has 4 nitrogen and oxygen atoms in total. The van der Waals surface area contributed by atoms with E-state index < -0.39 is 0 Å². The first-order valence-corrected chi connectivity index (χ1v) is 10.8. The summed E-state index contributed by atoms with van der Waals surface area (Å²) in [5.41, 5.74) is 3.48. The lowest BCUT2D eigenvalue weighted by Gasteiger charge is -2.55. The van der Waals surface area contributed by atoms with Crippen LogP contribution in [0.3, 0.4) is 0 Å². The summed E-state index contributed by atoms with van der Waals surface area (Å²) in [4.78, 5) is 23.4. The predicted molar refractivity (Wildman–Crippen MR) is 103 cm³/mol. The molecule has 27 heavy (non-hydrogen) atoms. The van der Waals surface area contributed by atoms with Gasteiger partial charge in [-0.2, -0.15) is 0 Å². The molecule has 0 aromatic carbocycles. The van der Waals surface area contributed by atoms with Crippen molar-refractivity contribution in [1.29, 1.82) is 0 Å². The SMILES string of the molecule is CC(=O)O[C@H]1CCC2=C3CC[C@@]4(C)CCC[C@@H]4[C@@H]3C[C@H](OC(C)=O)[C@]2(C)C1. The van der Waals surface area contributed by atoms with Gasteiger partial charge in [0.25, 0.3) is 0 Å². The van der Waals surface area contributed by atoms with Gasteiger partial charge in [0, 0.05) is 19.3 Å². The Balaban J connectivity index is 1.71. The first kappa shape index (κ1) is 19.0. The Morgan fingerprint density at radius 3 is 2.44 bits per heavy atom. The minimum atomic E-state index is -0.211. The lowest BCUT2D eigenvalue weighted by Crippen LogP contribution is -2.51. The lowest BCUT2D eigenvalue weighted by molar-refractivity contribution is -0.162. The van der Waals surface area contributed by atoms with Crippen molar-refractivity contribution >= 4 is 11.9 Å². The quantitative estimate of drug-likeness (QED) is 0.506. The van der Waals surface area contributed by atoms with Crippen LogP contribution in [0.2, 0.25) is 0 Å². The Kier molecular flexibility index (Phi) is 4.67. The fraction of sp³-hybridized carbons (Fsp3) is 0.826. The maximum atomic E-state index is 11.9. The van der Waals surface area contributed by atoms with Crippen LogP contribution in [0.4, 0.5) is 0 Å². The average molecular weight is 375 g/mol. The maximum absolute atomic E-state index is 11.9. The van der Waals surface area contributed by atoms with Crippen LogP contribution in [0.5, 0.6) is 0 Å². The molecule has 0 saturated heterocycles. The van der Waals surface area contributed by atoms with E-state index in [2.05, 4.69) is 13.8 Å². The van der Waals surface area contributed by atoms with Gasteiger partial charge in [-0.25, -0.2) is 0 Å². The molecule has 0 unspecified atom stereocenters. The summed E-state index contributed by atoms with van der Waals surface area (Å²) in [7, 11) is 0. The molecule has 0 spiro atoms. The second-order valence-electron chi connectivity index (χ2n) is 9.99. The van der Waals surface area contributed by atoms with Gasteiger partial charge in [-0.3, -0.25) is 9.59 Å². The normalized spacial score (nSPS) is 43.4. The van der Waals surface area contributed by atoms with Gasteiger partial charge >= 0.3 is 11.9 Å². The highest BCUT2D eigenvalue weighted by Crippen LogP contribution is 2.63. The Hall–Kier alpha value is -1.32. The molecule has 0 amide bonds. The summed E-state index contributed by atoms with van der Waals surface area (Å²) in [6.07, 6.45) is 9.94. The molecule has 0 aromatic rings. The van der Waals surface area contributed by atoms with E-state index in [1.807, 2.05) is 0 Å². The van der Waals surface area contributed by atoms with Gasteiger partial charge in [0.1, 0.15) is 12.2 Å². The number of hydrogen-bond acceptors (Lipinski definition) is 4. The molecule has 4 aliphatic rings. The molecular formula is C23H34O4. The van der Waals surface area contributed by atoms with E-state index in [1.165, 1.54) is 51.5 Å². The van der Waals surface area contributed by atoms with E-state index in [1.54, 1.807) is 5.57 Å². The second-order valence-corrected chi connectivity index (χ2v) is 9.99. The van der Waals surface area contributed by atoms with Crippen LogP contribution >= 0.6 is 0 Å². The summed E-state index contributed by atoms with van der Waals surface area (Å²) in [6.45, 7) is 7.74. The van der Waals surface area contributed by atoms with E-state index in [4.69, 9.17) is 9.47 Å². The van der Waals surface area contributed by atoms with E-state index in [0.717, 1.165) is 31.6 Å². The molecule has 0 aromatic heterocycles. The Morgan fingerprint density at radius 1 is 1.00 bits per heavy atom. The molecule has 4 aliphatic carbocycles. The minimum absolute atomic E-state index is 0.0632. The van der Waals surface area contributed by atoms with Crippen molar-refractivity contribution in [2.45, 2.75) is 97.7 Å². The standard InChI is InChI=1S/C23H34O4/c1-14(24)26-16-7-8-20-17-9-11-22(3)10-5-6-19(22)18(17)12-21(27-15(2)25)23(20,4)13-16/h16,18-19,21H,5-13H2,1-4H3/t16-,18+,19+,21-,22+,23+/m0/s1. The van der Waals surface area contributed by atoms with Crippen molar-refractivity contribution < 1.29 is 19.1 Å². The van der Waals surface area contributed by atoms with Gasteiger partial charge in [0.05, 0.1) is 0 Å². The number of carbonyl (C=O) groups is 2. The fourth-order valence-corrected chi connectivity index (χ4v) is 7.13. The average Bonchev–Trinajstić information content (AvgIpc) is 2.96. The van der Waals surface area contributed by atoms with Crippen molar-refractivity contribution in [2.24, 2.45) is 22.7 Å². The van der Waals surface area contributed by atoms with E-state index in [-0.39, 0.29) is 29.6 Å². The van der Waals surface area contributed by atoms with Crippen LogP contribution in [0.1, 0.15) is 85.5 Å². The zero-order valence-electron chi connectivity index (χ0n) is 17.3. The highest BCUT2D eigenvalue weighted by molar-refractivity contribution is 5.67. The highest BCUT2D eigenvalue weighted by atomic mass is 16.5. The predicted octanol–water partition coefficient (Wildman–Crippen LogP) is 4.96. The summed E-state index contributed by atoms with van der Waals surface area (Å²) >= 11 is 0. The van der Waals surface area contributed by atoms with Crippen molar-refractivity contribution in [3.63, 3.8) is 0 Å². The molecule has 3 fully saturated rings. The Morgan fingerprint density at radius 2 is 1.74 bits per heavy atom. The van der Waals surface area contributed by atoms with Crippen LogP contribution in [0.15, 0.2) is 11.1 Å². The molecule has 3 saturated carbocycles. The monoisotopic (exact) mass is 374 g/mol. The molecule has 4 heteroatoms. The molecule has 0 N–H and O–H groups in total. The van der Waals surface area contributed by atoms with Crippen LogP contribution in [-0.4, -0.2) is 24.1 Å². The largest absolute Gasteiger partial charge is 0.463 e. The maximum Gasteiger partial charge on any atom is 0.302 e. The van der Waals surface area contributed by atoms with Crippen LogP contribution < -0.4 is 0 Å². The third-order valence-corrected chi connectivity index (χ3v) is 8.32. The molecular weight excluding hydrogens is 340 g/mol. The van der Waals surface area contributed by atoms with Crippen molar-refractivity contribution in [2.75, 3.05) is 0 Å². The molecule has 6 atom stereocenters. The minimum Gasteiger partial charge on any atom is -0.463 e. The van der Waals surface area contributed by atoms with Gasteiger partial charge in [-0.15, -0.1) is 0 Å². The van der Waals surface area contributed by atoms with Crippen molar-refractivity contribution in [1.82, 2.24) is 0 Å². The Bertz CT molecular complexity index is 680. The van der Waals surface area contributed by atoms with Gasteiger partial charge in [-0.1, -0.05) is 31.4 Å². The number of rotatable bonds is 2. The molecule has 0 heterocycles. The van der Waals surface area contributed by atoms with Crippen LogP contribution in [0.25, 0.3) is 0 Å². The van der Waals surface area contributed by atoms with Crippen molar-refractivity contribution in [3.05, 3.63) is 11.1 Å². The number of fused-ring (bicyclic) bond motifs is 4. The van der Waals surface area contributed by atoms with E-state index in [0.29, 0.717) is 11.3 Å². The van der Waals surface area contributed by atoms with Crippen molar-refractivity contribution in [3.8, 4) is 0 Å². The first-order chi connectivity index (χ1) is 12.7. The smallest absolute Gasteiger partial charge is 0.302 e. The molecule has 0 bridgehead atoms. The summed E-state index contributed by atoms with van der Waals surface area (Å²) in [5, 5.41) is 0. The second kappa shape index (κ2) is 6.63. The summed E-state index contributed by atoms with van der Waals surface area (Å²) < 4.78 is 11.5. The van der Waals surface area contributed by atoms with Gasteiger partial charge < -0.3 is 9.47 Å². The van der Waals surface area contributed by atoms with Gasteiger partial charge in [0.15, 0.2) is 0 Å². The zero-order chi connectivity index (χ0) is 19.4. The van der Waals surface area contributed by atoms with E-state index in [9.17, 15) is 9.59 Å². The summed E-state index contributed by atoms with van der Waals surface area (Å²) in [5.74, 6) is 0.909. The molecule has 150 valence electrons. The first-order valence-electron chi connectivity index (χ1n) is 10.8. The summed E-state index contributed by atoms with van der Waals surface area (Å²) in [6, 6.07) is 0. The molecule has 0 radical (unpaired) electrons. The zero-order valence-corrected chi connectivity index (χ0v) is 17.3. The third-order valence-electron chi connectivity index (χ3n) is 8.32. The van der Waals surface area contributed by atoms with Gasteiger partial charge in [-0.05, 0) is 68.6 Å². The number of allylic oxidation sites excluding steroid dienone is 1. The fourth-order valence-electron chi connectivity index (χ4n) is 7.13. The Labute approximate surface area is 163 Å². The van der Waals surface area contributed by atoms with Crippen LogP contribution in [0, 0.1) is 22.7 Å². The van der Waals surface area contributed by atoms with E-state index >= 15 is 0 Å². The van der Waals surface area contributed by atoms with Gasteiger partial charge in [0.2, 0.25) is 0 Å². The van der Waals surface area contributed by atoms with Crippen LogP contribution in [-0.2, 0) is 19.1 Å². The number of hydrogen-bond donors (Lipinski definition) is 0. The lowest BCUT2D eigenvalue weighted by atomic mass is 9.52.